The van der Waals surface area contributed by atoms with E-state index in [9.17, 15) is 9.65 Å². The number of aromatic nitrogens is 1. The SMILES string of the molecule is CCN1CCCC(Nc2cc(Cl)c3ncc(C#N)c(Nc4ccc(F)c(Cl)c4)c3c2)C1. The summed E-state index contributed by atoms with van der Waals surface area (Å²) in [6.45, 7) is 5.29. The Bertz CT molecular complexity index is 1160. The molecule has 1 aliphatic rings. The van der Waals surface area contributed by atoms with Crippen molar-refractivity contribution in [2.45, 2.75) is 25.8 Å². The van der Waals surface area contributed by atoms with Crippen LogP contribution in [0.2, 0.25) is 10.0 Å². The summed E-state index contributed by atoms with van der Waals surface area (Å²) in [5.74, 6) is -0.504. The van der Waals surface area contributed by atoms with Gasteiger partial charge in [0.1, 0.15) is 11.9 Å². The smallest absolute Gasteiger partial charge is 0.141 e. The van der Waals surface area contributed by atoms with Crippen LogP contribution in [0.1, 0.15) is 25.3 Å². The van der Waals surface area contributed by atoms with Crippen molar-refractivity contribution in [2.75, 3.05) is 30.3 Å². The fourth-order valence-corrected chi connectivity index (χ4v) is 4.43. The van der Waals surface area contributed by atoms with E-state index in [0.717, 1.165) is 38.2 Å². The first-order valence-corrected chi connectivity index (χ1v) is 11.0. The van der Waals surface area contributed by atoms with Gasteiger partial charge in [-0.25, -0.2) is 4.39 Å². The van der Waals surface area contributed by atoms with Crippen LogP contribution in [0.3, 0.4) is 0 Å². The molecule has 0 aliphatic carbocycles. The van der Waals surface area contributed by atoms with Crippen LogP contribution in [0.4, 0.5) is 21.5 Å². The second-order valence-corrected chi connectivity index (χ2v) is 8.46. The molecule has 1 saturated heterocycles. The van der Waals surface area contributed by atoms with Crippen LogP contribution in [0.15, 0.2) is 36.5 Å². The Balaban J connectivity index is 1.73. The van der Waals surface area contributed by atoms with Gasteiger partial charge in [0.2, 0.25) is 0 Å². The topological polar surface area (TPSA) is 64.0 Å². The molecule has 0 radical (unpaired) electrons. The number of piperidine rings is 1. The monoisotopic (exact) mass is 457 g/mol. The molecule has 1 aromatic heterocycles. The van der Waals surface area contributed by atoms with Gasteiger partial charge in [-0.05, 0) is 56.3 Å². The highest BCUT2D eigenvalue weighted by molar-refractivity contribution is 6.36. The number of hydrogen-bond acceptors (Lipinski definition) is 5. The van der Waals surface area contributed by atoms with Crippen LogP contribution >= 0.6 is 23.2 Å². The van der Waals surface area contributed by atoms with E-state index in [-0.39, 0.29) is 5.02 Å². The summed E-state index contributed by atoms with van der Waals surface area (Å²) in [5, 5.41) is 17.6. The lowest BCUT2D eigenvalue weighted by Crippen LogP contribution is -2.41. The molecule has 160 valence electrons. The number of rotatable bonds is 5. The first kappa shape index (κ1) is 21.6. The van der Waals surface area contributed by atoms with Gasteiger partial charge >= 0.3 is 0 Å². The van der Waals surface area contributed by atoms with Gasteiger partial charge in [-0.1, -0.05) is 30.1 Å². The van der Waals surface area contributed by atoms with Crippen molar-refractivity contribution in [1.82, 2.24) is 9.88 Å². The largest absolute Gasteiger partial charge is 0.381 e. The highest BCUT2D eigenvalue weighted by Gasteiger charge is 2.20. The molecule has 0 saturated carbocycles. The molecule has 4 rings (SSSR count). The van der Waals surface area contributed by atoms with E-state index in [2.05, 4.69) is 33.5 Å². The molecular weight excluding hydrogens is 436 g/mol. The van der Waals surface area contributed by atoms with Crippen molar-refractivity contribution in [2.24, 2.45) is 0 Å². The van der Waals surface area contributed by atoms with Crippen LogP contribution in [0.25, 0.3) is 10.9 Å². The molecule has 0 amide bonds. The number of benzene rings is 2. The highest BCUT2D eigenvalue weighted by atomic mass is 35.5. The summed E-state index contributed by atoms with van der Waals surface area (Å²) in [5.41, 5.74) is 2.93. The van der Waals surface area contributed by atoms with Crippen molar-refractivity contribution in [3.8, 4) is 6.07 Å². The summed E-state index contributed by atoms with van der Waals surface area (Å²) < 4.78 is 13.6. The van der Waals surface area contributed by atoms with Gasteiger partial charge in [-0.2, -0.15) is 5.26 Å². The van der Waals surface area contributed by atoms with E-state index in [1.54, 1.807) is 6.07 Å². The van der Waals surface area contributed by atoms with Crippen molar-refractivity contribution < 1.29 is 4.39 Å². The fourth-order valence-electron chi connectivity index (χ4n) is 3.98. The van der Waals surface area contributed by atoms with E-state index in [1.165, 1.54) is 18.3 Å². The Morgan fingerprint density at radius 2 is 2.03 bits per heavy atom. The van der Waals surface area contributed by atoms with Crippen LogP contribution in [-0.2, 0) is 0 Å². The fraction of sp³-hybridized carbons (Fsp3) is 0.304. The van der Waals surface area contributed by atoms with E-state index in [0.29, 0.717) is 38.9 Å². The van der Waals surface area contributed by atoms with E-state index < -0.39 is 5.82 Å². The van der Waals surface area contributed by atoms with Gasteiger partial charge in [0.25, 0.3) is 0 Å². The molecule has 0 bridgehead atoms. The first-order chi connectivity index (χ1) is 15.0. The maximum Gasteiger partial charge on any atom is 0.141 e. The quantitative estimate of drug-likeness (QED) is 0.477. The number of halogens is 3. The van der Waals surface area contributed by atoms with Crippen LogP contribution in [-0.4, -0.2) is 35.6 Å². The molecule has 3 aromatic rings. The molecule has 1 atom stereocenters. The number of likely N-dealkylation sites (tertiary alicyclic amines) is 1. The molecular formula is C23H22Cl2FN5. The Kier molecular flexibility index (Phi) is 6.47. The molecule has 2 heterocycles. The molecule has 8 heteroatoms. The Morgan fingerprint density at radius 3 is 2.77 bits per heavy atom. The van der Waals surface area contributed by atoms with Gasteiger partial charge in [0, 0.05) is 35.5 Å². The Morgan fingerprint density at radius 1 is 1.23 bits per heavy atom. The van der Waals surface area contributed by atoms with Crippen molar-refractivity contribution >= 4 is 51.2 Å². The number of hydrogen-bond donors (Lipinski definition) is 2. The minimum atomic E-state index is -0.504. The lowest BCUT2D eigenvalue weighted by atomic mass is 10.0. The van der Waals surface area contributed by atoms with Crippen molar-refractivity contribution in [3.63, 3.8) is 0 Å². The van der Waals surface area contributed by atoms with Gasteiger partial charge in [0.15, 0.2) is 0 Å². The minimum Gasteiger partial charge on any atom is -0.381 e. The molecule has 31 heavy (non-hydrogen) atoms. The number of fused-ring (bicyclic) bond motifs is 1. The zero-order valence-electron chi connectivity index (χ0n) is 17.1. The Hall–Kier alpha value is -2.59. The maximum atomic E-state index is 13.6. The third-order valence-corrected chi connectivity index (χ3v) is 6.14. The lowest BCUT2D eigenvalue weighted by molar-refractivity contribution is 0.227. The molecule has 5 nitrogen and oxygen atoms in total. The summed E-state index contributed by atoms with van der Waals surface area (Å²) in [6, 6.07) is 10.6. The summed E-state index contributed by atoms with van der Waals surface area (Å²) in [4.78, 5) is 6.80. The second kappa shape index (κ2) is 9.27. The summed E-state index contributed by atoms with van der Waals surface area (Å²) in [6.07, 6.45) is 3.71. The summed E-state index contributed by atoms with van der Waals surface area (Å²) >= 11 is 12.5. The number of nitrogens with one attached hydrogen (secondary N) is 2. The van der Waals surface area contributed by atoms with Gasteiger partial charge in [-0.3, -0.25) is 4.98 Å². The van der Waals surface area contributed by atoms with Crippen LogP contribution in [0, 0.1) is 17.1 Å². The molecule has 2 N–H and O–H groups in total. The van der Waals surface area contributed by atoms with Crippen LogP contribution in [0.5, 0.6) is 0 Å². The second-order valence-electron chi connectivity index (χ2n) is 7.64. The average Bonchev–Trinajstić information content (AvgIpc) is 2.77. The minimum absolute atomic E-state index is 0.0000317. The molecule has 2 aromatic carbocycles. The van der Waals surface area contributed by atoms with Crippen molar-refractivity contribution in [3.05, 3.63) is 58.0 Å². The van der Waals surface area contributed by atoms with Crippen molar-refractivity contribution in [1.29, 1.82) is 5.26 Å². The number of nitrogens with zero attached hydrogens (tertiary/aromatic N) is 3. The van der Waals surface area contributed by atoms with Gasteiger partial charge < -0.3 is 15.5 Å². The molecule has 1 fully saturated rings. The van der Waals surface area contributed by atoms with Gasteiger partial charge in [0.05, 0.1) is 26.8 Å². The third-order valence-electron chi connectivity index (χ3n) is 5.56. The number of nitriles is 1. The van der Waals surface area contributed by atoms with E-state index >= 15 is 0 Å². The van der Waals surface area contributed by atoms with Crippen LogP contribution < -0.4 is 10.6 Å². The molecule has 1 unspecified atom stereocenters. The Labute approximate surface area is 190 Å². The number of likely N-dealkylation sites (N-methyl/N-ethyl adjacent to an activating group) is 1. The highest BCUT2D eigenvalue weighted by Crippen LogP contribution is 2.36. The molecule has 0 spiro atoms. The maximum absolute atomic E-state index is 13.6. The third kappa shape index (κ3) is 4.69. The predicted molar refractivity (Wildman–Crippen MR) is 125 cm³/mol. The zero-order chi connectivity index (χ0) is 22.0. The lowest BCUT2D eigenvalue weighted by Gasteiger charge is -2.33. The molecule has 1 aliphatic heterocycles. The number of pyridine rings is 1. The standard InChI is InChI=1S/C23H22Cl2FN5/c1-2-31-7-3-4-16(13-31)29-17-8-18-22(30-15-5-6-21(26)19(24)9-15)14(11-27)12-28-23(18)20(25)10-17/h5-6,8-10,12,16,29H,2-4,7,13H2,1H3,(H,28,30). The number of anilines is 3. The average molecular weight is 458 g/mol. The zero-order valence-corrected chi connectivity index (χ0v) is 18.6. The summed E-state index contributed by atoms with van der Waals surface area (Å²) in [7, 11) is 0. The normalized spacial score (nSPS) is 16.8. The predicted octanol–water partition coefficient (Wildman–Crippen LogP) is 6.19. The van der Waals surface area contributed by atoms with Gasteiger partial charge in [-0.15, -0.1) is 0 Å². The first-order valence-electron chi connectivity index (χ1n) is 10.2. The van der Waals surface area contributed by atoms with E-state index in [1.807, 2.05) is 12.1 Å². The van der Waals surface area contributed by atoms with E-state index in [4.69, 9.17) is 23.2 Å².